The van der Waals surface area contributed by atoms with E-state index in [9.17, 15) is 18.0 Å². The fraction of sp³-hybridized carbons (Fsp3) is 0.133. The number of aryl methyl sites for hydroxylation is 2. The van der Waals surface area contributed by atoms with Crippen molar-refractivity contribution in [3.05, 3.63) is 119 Å². The molecule has 0 bridgehead atoms. The molecule has 35 heavy (non-hydrogen) atoms. The summed E-state index contributed by atoms with van der Waals surface area (Å²) in [6, 6.07) is 29.7. The van der Waals surface area contributed by atoms with Gasteiger partial charge in [0.25, 0.3) is 0 Å². The molecular weight excluding hydrogens is 456 g/mol. The molecule has 4 aromatic rings. The monoisotopic (exact) mass is 482 g/mol. The van der Waals surface area contributed by atoms with Crippen molar-refractivity contribution < 1.29 is 18.0 Å². The molecule has 176 valence electrons. The molecule has 0 aliphatic rings. The lowest BCUT2D eigenvalue weighted by Gasteiger charge is -2.07. The van der Waals surface area contributed by atoms with Crippen LogP contribution in [0.2, 0.25) is 0 Å². The van der Waals surface area contributed by atoms with Crippen LogP contribution in [0.15, 0.2) is 97.1 Å². The second kappa shape index (κ2) is 10.2. The molecule has 5 heteroatoms. The van der Waals surface area contributed by atoms with Crippen LogP contribution >= 0.6 is 0 Å². The first-order chi connectivity index (χ1) is 16.7. The van der Waals surface area contributed by atoms with E-state index in [1.807, 2.05) is 62.4 Å². The van der Waals surface area contributed by atoms with E-state index in [2.05, 4.69) is 0 Å². The van der Waals surface area contributed by atoms with Gasteiger partial charge in [0.15, 0.2) is 21.4 Å². The van der Waals surface area contributed by atoms with Crippen LogP contribution in [0.3, 0.4) is 0 Å². The highest BCUT2D eigenvalue weighted by Crippen LogP contribution is 2.22. The van der Waals surface area contributed by atoms with E-state index in [0.29, 0.717) is 11.1 Å². The van der Waals surface area contributed by atoms with Gasteiger partial charge in [-0.1, -0.05) is 108 Å². The number of carbonyl (C=O) groups is 2. The lowest BCUT2D eigenvalue weighted by atomic mass is 10.0. The van der Waals surface area contributed by atoms with E-state index < -0.39 is 32.9 Å². The van der Waals surface area contributed by atoms with E-state index in [1.54, 1.807) is 48.5 Å². The molecule has 0 amide bonds. The summed E-state index contributed by atoms with van der Waals surface area (Å²) in [5, 5.41) is 0. The van der Waals surface area contributed by atoms with Crippen molar-refractivity contribution in [1.82, 2.24) is 0 Å². The van der Waals surface area contributed by atoms with Gasteiger partial charge < -0.3 is 0 Å². The van der Waals surface area contributed by atoms with Crippen LogP contribution < -0.4 is 0 Å². The molecule has 0 unspecified atom stereocenters. The first kappa shape index (κ1) is 24.3. The van der Waals surface area contributed by atoms with Gasteiger partial charge in [-0.3, -0.25) is 9.59 Å². The molecule has 0 atom stereocenters. The number of benzene rings is 4. The highest BCUT2D eigenvalue weighted by molar-refractivity contribution is 7.92. The number of hydrogen-bond acceptors (Lipinski definition) is 4. The number of carbonyl (C=O) groups excluding carboxylic acids is 2. The number of rotatable bonds is 8. The summed E-state index contributed by atoms with van der Waals surface area (Å²) in [5.41, 5.74) is 6.83. The van der Waals surface area contributed by atoms with Crippen LogP contribution in [0.5, 0.6) is 0 Å². The van der Waals surface area contributed by atoms with Gasteiger partial charge in [0.2, 0.25) is 0 Å². The Hall–Kier alpha value is -3.83. The molecule has 4 aromatic carbocycles. The third-order valence-corrected chi connectivity index (χ3v) is 7.29. The third-order valence-electron chi connectivity index (χ3n) is 5.89. The third kappa shape index (κ3) is 6.19. The molecule has 0 saturated carbocycles. The van der Waals surface area contributed by atoms with Crippen molar-refractivity contribution in [2.24, 2.45) is 0 Å². The average molecular weight is 483 g/mol. The van der Waals surface area contributed by atoms with Crippen LogP contribution in [-0.4, -0.2) is 31.5 Å². The van der Waals surface area contributed by atoms with E-state index in [-0.39, 0.29) is 0 Å². The summed E-state index contributed by atoms with van der Waals surface area (Å²) in [7, 11) is -3.91. The maximum Gasteiger partial charge on any atom is 0.177 e. The van der Waals surface area contributed by atoms with Gasteiger partial charge in [-0.25, -0.2) is 8.42 Å². The molecule has 4 rings (SSSR count). The number of sulfone groups is 1. The van der Waals surface area contributed by atoms with Crippen molar-refractivity contribution in [1.29, 1.82) is 0 Å². The van der Waals surface area contributed by atoms with Crippen LogP contribution in [-0.2, 0) is 9.84 Å². The minimum Gasteiger partial charge on any atom is -0.293 e. The highest BCUT2D eigenvalue weighted by atomic mass is 32.2. The molecule has 0 aliphatic carbocycles. The van der Waals surface area contributed by atoms with E-state index in [1.165, 1.54) is 0 Å². The fourth-order valence-corrected chi connectivity index (χ4v) is 5.04. The maximum absolute atomic E-state index is 12.6. The summed E-state index contributed by atoms with van der Waals surface area (Å²) in [6.45, 7) is 4.02. The van der Waals surface area contributed by atoms with Crippen molar-refractivity contribution in [2.45, 2.75) is 13.8 Å². The Morgan fingerprint density at radius 3 is 1.03 bits per heavy atom. The molecule has 0 aliphatic heterocycles. The Morgan fingerprint density at radius 2 is 0.743 bits per heavy atom. The predicted octanol–water partition coefficient (Wildman–Crippen LogP) is 6.12. The Kier molecular flexibility index (Phi) is 7.08. The van der Waals surface area contributed by atoms with Gasteiger partial charge >= 0.3 is 0 Å². The van der Waals surface area contributed by atoms with Gasteiger partial charge in [-0.2, -0.15) is 0 Å². The zero-order valence-electron chi connectivity index (χ0n) is 19.7. The normalized spacial score (nSPS) is 11.3. The van der Waals surface area contributed by atoms with Crippen molar-refractivity contribution in [2.75, 3.05) is 11.5 Å². The maximum atomic E-state index is 12.6. The lowest BCUT2D eigenvalue weighted by Crippen LogP contribution is -2.24. The van der Waals surface area contributed by atoms with Crippen LogP contribution in [0.25, 0.3) is 22.3 Å². The molecule has 0 fully saturated rings. The molecule has 0 aromatic heterocycles. The van der Waals surface area contributed by atoms with Crippen molar-refractivity contribution >= 4 is 21.4 Å². The topological polar surface area (TPSA) is 68.3 Å². The summed E-state index contributed by atoms with van der Waals surface area (Å²) < 4.78 is 25.2. The number of ketones is 2. The molecule has 4 nitrogen and oxygen atoms in total. The molecule has 0 spiro atoms. The molecular formula is C30H26O4S. The molecule has 0 saturated heterocycles. The summed E-state index contributed by atoms with van der Waals surface area (Å²) in [4.78, 5) is 25.2. The molecule has 0 heterocycles. The Bertz CT molecular complexity index is 1340. The van der Waals surface area contributed by atoms with Gasteiger partial charge in [-0.15, -0.1) is 0 Å². The first-order valence-corrected chi connectivity index (χ1v) is 13.1. The summed E-state index contributed by atoms with van der Waals surface area (Å²) in [6.07, 6.45) is 0. The van der Waals surface area contributed by atoms with Crippen LogP contribution in [0, 0.1) is 13.8 Å². The second-order valence-corrected chi connectivity index (χ2v) is 10.8. The smallest absolute Gasteiger partial charge is 0.177 e. The van der Waals surface area contributed by atoms with Gasteiger partial charge in [0.1, 0.15) is 11.5 Å². The average Bonchev–Trinajstić information content (AvgIpc) is 2.84. The van der Waals surface area contributed by atoms with Crippen molar-refractivity contribution in [3.8, 4) is 22.3 Å². The van der Waals surface area contributed by atoms with Gasteiger partial charge in [0.05, 0.1) is 0 Å². The minimum atomic E-state index is -3.91. The minimum absolute atomic E-state index is 0.305. The predicted molar refractivity (Wildman–Crippen MR) is 141 cm³/mol. The fourth-order valence-electron chi connectivity index (χ4n) is 3.81. The lowest BCUT2D eigenvalue weighted by molar-refractivity contribution is 0.102. The van der Waals surface area contributed by atoms with E-state index in [4.69, 9.17) is 0 Å². The van der Waals surface area contributed by atoms with Crippen LogP contribution in [0.4, 0.5) is 0 Å². The zero-order valence-corrected chi connectivity index (χ0v) is 20.5. The Labute approximate surface area is 206 Å². The van der Waals surface area contributed by atoms with Crippen molar-refractivity contribution in [3.63, 3.8) is 0 Å². The summed E-state index contributed by atoms with van der Waals surface area (Å²) >= 11 is 0. The molecule has 0 N–H and O–H groups in total. The van der Waals surface area contributed by atoms with Crippen LogP contribution in [0.1, 0.15) is 31.8 Å². The van der Waals surface area contributed by atoms with E-state index >= 15 is 0 Å². The first-order valence-electron chi connectivity index (χ1n) is 11.3. The Morgan fingerprint density at radius 1 is 0.486 bits per heavy atom. The molecule has 0 radical (unpaired) electrons. The number of hydrogen-bond donors (Lipinski definition) is 0. The highest BCUT2D eigenvalue weighted by Gasteiger charge is 2.22. The summed E-state index contributed by atoms with van der Waals surface area (Å²) in [5.74, 6) is -2.46. The largest absolute Gasteiger partial charge is 0.293 e. The van der Waals surface area contributed by atoms with Gasteiger partial charge in [0, 0.05) is 11.1 Å². The zero-order chi connectivity index (χ0) is 25.0. The number of Topliss-reactive ketones (excluding diaryl/α,β-unsaturated/α-hetero) is 2. The Balaban J connectivity index is 1.39. The van der Waals surface area contributed by atoms with Gasteiger partial charge in [-0.05, 0) is 36.1 Å². The quantitative estimate of drug-likeness (QED) is 0.284. The SMILES string of the molecule is Cc1ccc(-c2ccc(C(=O)CS(=O)(=O)CC(=O)c3ccc(-c4ccc(C)cc4)cc3)cc2)cc1. The van der Waals surface area contributed by atoms with E-state index in [0.717, 1.165) is 33.4 Å². The standard InChI is InChI=1S/C30H26O4S/c1-21-3-7-23(8-4-21)25-11-15-27(16-12-25)29(31)19-35(33,34)20-30(32)28-17-13-26(14-18-28)24-9-5-22(2)6-10-24/h3-18H,19-20H2,1-2H3. The second-order valence-electron chi connectivity index (χ2n) is 8.77.